The van der Waals surface area contributed by atoms with E-state index in [2.05, 4.69) is 0 Å². The van der Waals surface area contributed by atoms with Gasteiger partial charge in [0.2, 0.25) is 0 Å². The van der Waals surface area contributed by atoms with E-state index in [4.69, 9.17) is 21.1 Å². The monoisotopic (exact) mass is 352 g/mol. The molecule has 128 valence electrons. The van der Waals surface area contributed by atoms with Gasteiger partial charge in [0, 0.05) is 23.1 Å². The number of halogens is 2. The fourth-order valence-electron chi connectivity index (χ4n) is 2.10. The summed E-state index contributed by atoms with van der Waals surface area (Å²) in [6.07, 6.45) is 0.214. The normalized spacial score (nSPS) is 10.5. The second-order valence-electron chi connectivity index (χ2n) is 5.20. The molecule has 2 aromatic carbocycles. The zero-order valence-electron chi connectivity index (χ0n) is 13.4. The van der Waals surface area contributed by atoms with Crippen LogP contribution < -0.4 is 9.47 Å². The van der Waals surface area contributed by atoms with E-state index >= 15 is 0 Å². The van der Waals surface area contributed by atoms with Crippen molar-refractivity contribution in [2.45, 2.75) is 33.5 Å². The van der Waals surface area contributed by atoms with E-state index in [0.717, 1.165) is 0 Å². The van der Waals surface area contributed by atoms with Crippen LogP contribution in [0.5, 0.6) is 11.5 Å². The number of benzene rings is 2. The summed E-state index contributed by atoms with van der Waals surface area (Å²) in [7, 11) is 0. The van der Waals surface area contributed by atoms with Crippen molar-refractivity contribution in [1.29, 1.82) is 0 Å². The molecule has 0 bridgehead atoms. The van der Waals surface area contributed by atoms with E-state index in [9.17, 15) is 14.3 Å². The van der Waals surface area contributed by atoms with Gasteiger partial charge in [-0.3, -0.25) is 4.79 Å². The van der Waals surface area contributed by atoms with Crippen molar-refractivity contribution in [1.82, 2.24) is 0 Å². The smallest absolute Gasteiger partial charge is 0.310 e. The predicted octanol–water partition coefficient (Wildman–Crippen LogP) is 4.17. The SMILES string of the molecule is CCC(=O)Oc1cccc(CO)c1COc1cc(Cl)c(C)cc1F. The Labute approximate surface area is 144 Å². The molecule has 0 aliphatic carbocycles. The molecule has 4 nitrogen and oxygen atoms in total. The second kappa shape index (κ2) is 8.13. The molecule has 0 fully saturated rings. The maximum atomic E-state index is 14.0. The molecule has 2 rings (SSSR count). The van der Waals surface area contributed by atoms with Crippen molar-refractivity contribution in [3.05, 3.63) is 57.9 Å². The molecule has 6 heteroatoms. The van der Waals surface area contributed by atoms with Crippen molar-refractivity contribution >= 4 is 17.6 Å². The highest BCUT2D eigenvalue weighted by Gasteiger charge is 2.14. The molecule has 0 saturated heterocycles. The Morgan fingerprint density at radius 2 is 2.04 bits per heavy atom. The van der Waals surface area contributed by atoms with Crippen LogP contribution in [0.3, 0.4) is 0 Å². The minimum atomic E-state index is -0.537. The zero-order valence-corrected chi connectivity index (χ0v) is 14.2. The van der Waals surface area contributed by atoms with Gasteiger partial charge in [0.15, 0.2) is 11.6 Å². The third-order valence-electron chi connectivity index (χ3n) is 3.50. The lowest BCUT2D eigenvalue weighted by Crippen LogP contribution is -2.10. The maximum absolute atomic E-state index is 14.0. The molecular formula is C18H18ClFO4. The molecule has 0 unspecified atom stereocenters. The Hall–Kier alpha value is -2.11. The van der Waals surface area contributed by atoms with Crippen LogP contribution in [0.1, 0.15) is 30.0 Å². The number of aliphatic hydroxyl groups excluding tert-OH is 1. The van der Waals surface area contributed by atoms with Gasteiger partial charge in [0.1, 0.15) is 12.4 Å². The number of hydrogen-bond donors (Lipinski definition) is 1. The highest BCUT2D eigenvalue weighted by molar-refractivity contribution is 6.31. The van der Waals surface area contributed by atoms with Crippen LogP contribution >= 0.6 is 11.6 Å². The first-order valence-electron chi connectivity index (χ1n) is 7.47. The largest absolute Gasteiger partial charge is 0.486 e. The van der Waals surface area contributed by atoms with Gasteiger partial charge in [-0.25, -0.2) is 4.39 Å². The Balaban J connectivity index is 2.28. The van der Waals surface area contributed by atoms with Crippen LogP contribution in [0, 0.1) is 12.7 Å². The Kier molecular flexibility index (Phi) is 6.17. The van der Waals surface area contributed by atoms with Crippen molar-refractivity contribution in [3.63, 3.8) is 0 Å². The van der Waals surface area contributed by atoms with Gasteiger partial charge >= 0.3 is 5.97 Å². The number of aliphatic hydroxyl groups is 1. The number of rotatable bonds is 6. The molecule has 0 radical (unpaired) electrons. The zero-order chi connectivity index (χ0) is 17.7. The molecule has 0 amide bonds. The van der Waals surface area contributed by atoms with Crippen molar-refractivity contribution in [2.24, 2.45) is 0 Å². The molecule has 0 aliphatic heterocycles. The van der Waals surface area contributed by atoms with E-state index in [0.29, 0.717) is 21.7 Å². The Bertz CT molecular complexity index is 746. The molecule has 1 N–H and O–H groups in total. The first kappa shape index (κ1) is 18.2. The lowest BCUT2D eigenvalue weighted by Gasteiger charge is -2.15. The summed E-state index contributed by atoms with van der Waals surface area (Å²) >= 11 is 5.99. The van der Waals surface area contributed by atoms with Gasteiger partial charge in [0.25, 0.3) is 0 Å². The van der Waals surface area contributed by atoms with Gasteiger partial charge in [-0.15, -0.1) is 0 Å². The fourth-order valence-corrected chi connectivity index (χ4v) is 2.26. The highest BCUT2D eigenvalue weighted by Crippen LogP contribution is 2.29. The van der Waals surface area contributed by atoms with Gasteiger partial charge in [0.05, 0.1) is 6.61 Å². The third kappa shape index (κ3) is 4.24. The minimum Gasteiger partial charge on any atom is -0.486 e. The van der Waals surface area contributed by atoms with Crippen LogP contribution in [0.4, 0.5) is 4.39 Å². The number of aryl methyl sites for hydroxylation is 1. The summed E-state index contributed by atoms with van der Waals surface area (Å²) in [5.74, 6) is -0.667. The lowest BCUT2D eigenvalue weighted by molar-refractivity contribution is -0.134. The van der Waals surface area contributed by atoms with Crippen molar-refractivity contribution in [3.8, 4) is 11.5 Å². The quantitative estimate of drug-likeness (QED) is 0.626. The van der Waals surface area contributed by atoms with Crippen LogP contribution in [-0.2, 0) is 18.0 Å². The molecule has 0 aliphatic rings. The Morgan fingerprint density at radius 1 is 1.29 bits per heavy atom. The molecule has 2 aromatic rings. The molecule has 0 heterocycles. The third-order valence-corrected chi connectivity index (χ3v) is 3.91. The number of esters is 1. The summed E-state index contributed by atoms with van der Waals surface area (Å²) in [5, 5.41) is 9.86. The molecule has 0 spiro atoms. The fraction of sp³-hybridized carbons (Fsp3) is 0.278. The second-order valence-corrected chi connectivity index (χ2v) is 5.61. The number of carbonyl (C=O) groups is 1. The van der Waals surface area contributed by atoms with Crippen LogP contribution in [0.2, 0.25) is 5.02 Å². The van der Waals surface area contributed by atoms with Crippen LogP contribution in [-0.4, -0.2) is 11.1 Å². The standard InChI is InChI=1S/C18H18ClFO4/c1-3-18(22)24-16-6-4-5-12(9-21)13(16)10-23-17-8-14(19)11(2)7-15(17)20/h4-8,21H,3,9-10H2,1-2H3. The lowest BCUT2D eigenvalue weighted by atomic mass is 10.1. The summed E-state index contributed by atoms with van der Waals surface area (Å²) in [5.41, 5.74) is 1.63. The molecule has 0 aromatic heterocycles. The summed E-state index contributed by atoms with van der Waals surface area (Å²) in [6, 6.07) is 7.63. The van der Waals surface area contributed by atoms with Gasteiger partial charge in [-0.1, -0.05) is 30.7 Å². The summed E-state index contributed by atoms with van der Waals surface area (Å²) in [6.45, 7) is 3.04. The summed E-state index contributed by atoms with van der Waals surface area (Å²) in [4.78, 5) is 11.5. The molecule has 0 saturated carbocycles. The number of ether oxygens (including phenoxy) is 2. The van der Waals surface area contributed by atoms with Gasteiger partial charge < -0.3 is 14.6 Å². The first-order chi connectivity index (χ1) is 11.5. The van der Waals surface area contributed by atoms with Gasteiger partial charge in [-0.05, 0) is 30.2 Å². The number of carbonyl (C=O) groups excluding carboxylic acids is 1. The average molecular weight is 353 g/mol. The highest BCUT2D eigenvalue weighted by atomic mass is 35.5. The summed E-state index contributed by atoms with van der Waals surface area (Å²) < 4.78 is 24.7. The van der Waals surface area contributed by atoms with E-state index in [1.807, 2.05) is 0 Å². The number of hydrogen-bond acceptors (Lipinski definition) is 4. The van der Waals surface area contributed by atoms with E-state index in [-0.39, 0.29) is 31.1 Å². The topological polar surface area (TPSA) is 55.8 Å². The van der Waals surface area contributed by atoms with Crippen molar-refractivity contribution < 1.29 is 23.8 Å². The van der Waals surface area contributed by atoms with Crippen LogP contribution in [0.15, 0.2) is 30.3 Å². The molecule has 0 atom stereocenters. The maximum Gasteiger partial charge on any atom is 0.310 e. The molecular weight excluding hydrogens is 335 g/mol. The van der Waals surface area contributed by atoms with Crippen molar-refractivity contribution in [2.75, 3.05) is 0 Å². The first-order valence-corrected chi connectivity index (χ1v) is 7.84. The molecule has 24 heavy (non-hydrogen) atoms. The van der Waals surface area contributed by atoms with Gasteiger partial charge in [-0.2, -0.15) is 0 Å². The van der Waals surface area contributed by atoms with E-state index in [1.165, 1.54) is 12.1 Å². The average Bonchev–Trinajstić information content (AvgIpc) is 2.57. The van der Waals surface area contributed by atoms with E-state index in [1.54, 1.807) is 32.0 Å². The minimum absolute atomic E-state index is 0.00823. The van der Waals surface area contributed by atoms with Crippen LogP contribution in [0.25, 0.3) is 0 Å². The predicted molar refractivity (Wildman–Crippen MR) is 88.8 cm³/mol. The van der Waals surface area contributed by atoms with E-state index < -0.39 is 11.8 Å². The Morgan fingerprint density at radius 3 is 2.71 bits per heavy atom.